The summed E-state index contributed by atoms with van der Waals surface area (Å²) in [6.07, 6.45) is 2.99. The molecule has 5 nitrogen and oxygen atoms in total. The molecule has 0 bridgehead atoms. The maximum atomic E-state index is 12.0. The Labute approximate surface area is 147 Å². The van der Waals surface area contributed by atoms with E-state index >= 15 is 0 Å². The third kappa shape index (κ3) is 5.85. The Bertz CT molecular complexity index is 801. The number of benzene rings is 2. The summed E-state index contributed by atoms with van der Waals surface area (Å²) in [6.45, 7) is 0.235. The number of ether oxygens (including phenoxy) is 1. The second kappa shape index (κ2) is 9.54. The number of hydrogen-bond acceptors (Lipinski definition) is 4. The fourth-order valence-electron chi connectivity index (χ4n) is 2.10. The Morgan fingerprint density at radius 3 is 2.44 bits per heavy atom. The first kappa shape index (κ1) is 17.8. The van der Waals surface area contributed by atoms with Crippen LogP contribution in [-0.4, -0.2) is 23.9 Å². The van der Waals surface area contributed by atoms with Crippen LogP contribution in [0.25, 0.3) is 6.08 Å². The Hall–Kier alpha value is -3.57. The molecule has 0 aliphatic rings. The summed E-state index contributed by atoms with van der Waals surface area (Å²) in [5, 5.41) is 17.4. The fraction of sp³-hybridized carbons (Fsp3) is 0.150. The molecule has 0 unspecified atom stereocenters. The number of amides is 1. The monoisotopic (exact) mass is 331 g/mol. The zero-order valence-electron chi connectivity index (χ0n) is 13.6. The van der Waals surface area contributed by atoms with E-state index in [1.807, 2.05) is 66.7 Å². The second-order valence-electron chi connectivity index (χ2n) is 5.19. The first-order valence-electron chi connectivity index (χ1n) is 7.70. The minimum Gasteiger partial charge on any atom is -0.489 e. The molecule has 0 radical (unpaired) electrons. The summed E-state index contributed by atoms with van der Waals surface area (Å²) in [6, 6.07) is 20.9. The zero-order chi connectivity index (χ0) is 17.9. The van der Waals surface area contributed by atoms with Gasteiger partial charge in [0.2, 0.25) is 5.91 Å². The van der Waals surface area contributed by atoms with Crippen LogP contribution in [0.5, 0.6) is 5.75 Å². The van der Waals surface area contributed by atoms with Gasteiger partial charge < -0.3 is 9.64 Å². The van der Waals surface area contributed by atoms with Crippen LogP contribution in [0.1, 0.15) is 11.1 Å². The van der Waals surface area contributed by atoms with E-state index in [0.717, 1.165) is 11.1 Å². The van der Waals surface area contributed by atoms with Gasteiger partial charge in [0.05, 0.1) is 12.1 Å². The standard InChI is InChI=1S/C20H17N3O2/c21-11-13-23(14-12-22)20(24)10-9-17-7-4-8-19(15-17)25-16-18-5-2-1-3-6-18/h1-10,15H,13-14,16H2/b10-9+. The highest BCUT2D eigenvalue weighted by atomic mass is 16.5. The van der Waals surface area contributed by atoms with Crippen LogP contribution in [0.4, 0.5) is 0 Å². The number of nitriles is 2. The lowest BCUT2D eigenvalue weighted by atomic mass is 10.2. The molecule has 0 spiro atoms. The minimum absolute atomic E-state index is 0.114. The van der Waals surface area contributed by atoms with Gasteiger partial charge in [0, 0.05) is 6.08 Å². The van der Waals surface area contributed by atoms with E-state index < -0.39 is 0 Å². The van der Waals surface area contributed by atoms with Crippen molar-refractivity contribution in [1.82, 2.24) is 4.90 Å². The number of carbonyl (C=O) groups excluding carboxylic acids is 1. The summed E-state index contributed by atoms with van der Waals surface area (Å²) in [5.41, 5.74) is 1.87. The zero-order valence-corrected chi connectivity index (χ0v) is 13.6. The van der Waals surface area contributed by atoms with Crippen LogP contribution in [-0.2, 0) is 11.4 Å². The van der Waals surface area contributed by atoms with Gasteiger partial charge in [0.25, 0.3) is 0 Å². The predicted octanol–water partition coefficient (Wildman–Crippen LogP) is 3.15. The molecule has 0 fully saturated rings. The summed E-state index contributed by atoms with van der Waals surface area (Å²) in [4.78, 5) is 13.2. The molecule has 0 N–H and O–H groups in total. The van der Waals surface area contributed by atoms with E-state index in [4.69, 9.17) is 15.3 Å². The van der Waals surface area contributed by atoms with Crippen molar-refractivity contribution in [3.05, 3.63) is 71.8 Å². The Morgan fingerprint density at radius 1 is 1.04 bits per heavy atom. The molecule has 2 aromatic rings. The number of rotatable bonds is 7. The Kier molecular flexibility index (Phi) is 6.79. The molecule has 0 saturated carbocycles. The molecule has 0 heterocycles. The first-order chi connectivity index (χ1) is 12.2. The summed E-state index contributed by atoms with van der Waals surface area (Å²) in [7, 11) is 0. The Balaban J connectivity index is 1.99. The third-order valence-corrected chi connectivity index (χ3v) is 3.36. The largest absolute Gasteiger partial charge is 0.489 e. The Morgan fingerprint density at radius 2 is 1.76 bits per heavy atom. The normalized spacial score (nSPS) is 10.0. The van der Waals surface area contributed by atoms with Gasteiger partial charge >= 0.3 is 0 Å². The van der Waals surface area contributed by atoms with Gasteiger partial charge in [-0.25, -0.2) is 0 Å². The molecule has 2 rings (SSSR count). The van der Waals surface area contributed by atoms with Crippen LogP contribution in [0, 0.1) is 22.7 Å². The van der Waals surface area contributed by atoms with E-state index in [-0.39, 0.29) is 19.0 Å². The van der Waals surface area contributed by atoms with Crippen LogP contribution in [0.15, 0.2) is 60.7 Å². The average Bonchev–Trinajstić information content (AvgIpc) is 2.65. The van der Waals surface area contributed by atoms with Crippen molar-refractivity contribution in [2.75, 3.05) is 13.1 Å². The van der Waals surface area contributed by atoms with Crippen LogP contribution in [0.3, 0.4) is 0 Å². The number of carbonyl (C=O) groups is 1. The number of hydrogen-bond donors (Lipinski definition) is 0. The predicted molar refractivity (Wildman–Crippen MR) is 94.1 cm³/mol. The molecule has 25 heavy (non-hydrogen) atoms. The molecular weight excluding hydrogens is 314 g/mol. The lowest BCUT2D eigenvalue weighted by Gasteiger charge is -2.12. The van der Waals surface area contributed by atoms with Crippen molar-refractivity contribution in [2.24, 2.45) is 0 Å². The van der Waals surface area contributed by atoms with Gasteiger partial charge in [-0.3, -0.25) is 4.79 Å². The highest BCUT2D eigenvalue weighted by Crippen LogP contribution is 2.16. The van der Waals surface area contributed by atoms with Gasteiger partial charge in [0.1, 0.15) is 25.4 Å². The van der Waals surface area contributed by atoms with Crippen molar-refractivity contribution in [2.45, 2.75) is 6.61 Å². The minimum atomic E-state index is -0.376. The van der Waals surface area contributed by atoms with E-state index in [2.05, 4.69) is 0 Å². The van der Waals surface area contributed by atoms with Gasteiger partial charge in [-0.05, 0) is 29.3 Å². The van der Waals surface area contributed by atoms with Crippen molar-refractivity contribution in [1.29, 1.82) is 10.5 Å². The average molecular weight is 331 g/mol. The van der Waals surface area contributed by atoms with Crippen molar-refractivity contribution < 1.29 is 9.53 Å². The van der Waals surface area contributed by atoms with Crippen LogP contribution < -0.4 is 4.74 Å². The first-order valence-corrected chi connectivity index (χ1v) is 7.70. The molecule has 0 atom stereocenters. The highest BCUT2D eigenvalue weighted by Gasteiger charge is 2.08. The molecule has 0 saturated heterocycles. The summed E-state index contributed by atoms with van der Waals surface area (Å²) >= 11 is 0. The van der Waals surface area contributed by atoms with E-state index in [0.29, 0.717) is 12.4 Å². The van der Waals surface area contributed by atoms with Crippen LogP contribution in [0.2, 0.25) is 0 Å². The third-order valence-electron chi connectivity index (χ3n) is 3.36. The molecule has 0 aliphatic carbocycles. The summed E-state index contributed by atoms with van der Waals surface area (Å²) < 4.78 is 5.75. The second-order valence-corrected chi connectivity index (χ2v) is 5.19. The maximum absolute atomic E-state index is 12.0. The molecule has 0 aliphatic heterocycles. The molecule has 5 heteroatoms. The van der Waals surface area contributed by atoms with Gasteiger partial charge in [-0.15, -0.1) is 0 Å². The van der Waals surface area contributed by atoms with Crippen molar-refractivity contribution in [3.8, 4) is 17.9 Å². The molecular formula is C20H17N3O2. The lowest BCUT2D eigenvalue weighted by Crippen LogP contribution is -2.30. The molecule has 2 aromatic carbocycles. The molecule has 0 aromatic heterocycles. The van der Waals surface area contributed by atoms with E-state index in [1.165, 1.54) is 11.0 Å². The van der Waals surface area contributed by atoms with Crippen LogP contribution >= 0.6 is 0 Å². The van der Waals surface area contributed by atoms with Gasteiger partial charge in [-0.1, -0.05) is 42.5 Å². The van der Waals surface area contributed by atoms with Gasteiger partial charge in [-0.2, -0.15) is 10.5 Å². The smallest absolute Gasteiger partial charge is 0.248 e. The number of nitrogens with zero attached hydrogens (tertiary/aromatic N) is 3. The fourth-order valence-corrected chi connectivity index (χ4v) is 2.10. The topological polar surface area (TPSA) is 77.1 Å². The quantitative estimate of drug-likeness (QED) is 0.577. The van der Waals surface area contributed by atoms with Gasteiger partial charge in [0.15, 0.2) is 0 Å². The lowest BCUT2D eigenvalue weighted by molar-refractivity contribution is -0.124. The van der Waals surface area contributed by atoms with Crippen molar-refractivity contribution >= 4 is 12.0 Å². The van der Waals surface area contributed by atoms with E-state index in [9.17, 15) is 4.79 Å². The molecule has 1 amide bonds. The van der Waals surface area contributed by atoms with Crippen molar-refractivity contribution in [3.63, 3.8) is 0 Å². The maximum Gasteiger partial charge on any atom is 0.248 e. The summed E-state index contributed by atoms with van der Waals surface area (Å²) in [5.74, 6) is 0.322. The van der Waals surface area contributed by atoms with E-state index in [1.54, 1.807) is 6.08 Å². The highest BCUT2D eigenvalue weighted by molar-refractivity contribution is 5.92. The molecule has 124 valence electrons. The SMILES string of the molecule is N#CCN(CC#N)C(=O)/C=C/c1cccc(OCc2ccccc2)c1.